The molecule has 2 N–H and O–H groups in total. The van der Waals surface area contributed by atoms with Crippen LogP contribution in [0.3, 0.4) is 0 Å². The minimum Gasteiger partial charge on any atom is -0.507 e. The largest absolute Gasteiger partial charge is 0.507 e. The van der Waals surface area contributed by atoms with Gasteiger partial charge >= 0.3 is 5.97 Å². The molecule has 2 aromatic carbocycles. The second-order valence-electron chi connectivity index (χ2n) is 9.65. The van der Waals surface area contributed by atoms with Gasteiger partial charge in [0.15, 0.2) is 5.43 Å². The molecule has 0 unspecified atom stereocenters. The molecule has 7 nitrogen and oxygen atoms in total. The monoisotopic (exact) mass is 499 g/mol. The average molecular weight is 500 g/mol. The summed E-state index contributed by atoms with van der Waals surface area (Å²) in [6, 6.07) is 9.38. The third kappa shape index (κ3) is 4.88. The van der Waals surface area contributed by atoms with Crippen LogP contribution in [0.15, 0.2) is 45.6 Å². The number of carbonyl (C=O) groups excluding carboxylic acids is 1. The van der Waals surface area contributed by atoms with Gasteiger partial charge in [-0.3, -0.25) is 9.59 Å². The Bertz CT molecular complexity index is 1320. The van der Waals surface area contributed by atoms with Crippen molar-refractivity contribution in [2.24, 2.45) is 11.8 Å². The maximum absolute atomic E-state index is 13.1. The normalized spacial score (nSPS) is 19.7. The SMILES string of the molecule is CC(C)[C@H](C)C(=O)O[C@@H]1CN(C)CC[C@@H]1c1c(O)cc(O)c2c(=O)cc(-c3ccccc3Cl)oc12. The number of hydrogen-bond acceptors (Lipinski definition) is 7. The van der Waals surface area contributed by atoms with E-state index >= 15 is 0 Å². The van der Waals surface area contributed by atoms with Crippen LogP contribution in [0.2, 0.25) is 5.02 Å². The number of ether oxygens (including phenoxy) is 1. The number of carbonyl (C=O) groups is 1. The highest BCUT2D eigenvalue weighted by molar-refractivity contribution is 6.33. The molecule has 0 spiro atoms. The van der Waals surface area contributed by atoms with Gasteiger partial charge in [-0.05, 0) is 38.1 Å². The Morgan fingerprint density at radius 3 is 2.57 bits per heavy atom. The number of phenols is 2. The van der Waals surface area contributed by atoms with Crippen molar-refractivity contribution in [2.75, 3.05) is 20.1 Å². The molecule has 1 fully saturated rings. The van der Waals surface area contributed by atoms with Gasteiger partial charge in [0.2, 0.25) is 0 Å². The molecule has 0 bridgehead atoms. The highest BCUT2D eigenvalue weighted by Gasteiger charge is 2.37. The van der Waals surface area contributed by atoms with E-state index in [1.54, 1.807) is 24.3 Å². The van der Waals surface area contributed by atoms with E-state index in [-0.39, 0.29) is 46.0 Å². The van der Waals surface area contributed by atoms with E-state index in [0.29, 0.717) is 35.7 Å². The number of fused-ring (bicyclic) bond motifs is 1. The van der Waals surface area contributed by atoms with E-state index in [9.17, 15) is 19.8 Å². The van der Waals surface area contributed by atoms with Crippen LogP contribution in [0.4, 0.5) is 0 Å². The van der Waals surface area contributed by atoms with Crippen molar-refractivity contribution < 1.29 is 24.2 Å². The molecule has 186 valence electrons. The lowest BCUT2D eigenvalue weighted by molar-refractivity contribution is -0.158. The van der Waals surface area contributed by atoms with E-state index in [1.165, 1.54) is 6.07 Å². The van der Waals surface area contributed by atoms with Crippen molar-refractivity contribution >= 4 is 28.5 Å². The Balaban J connectivity index is 1.88. The number of nitrogens with zero attached hydrogens (tertiary/aromatic N) is 1. The van der Waals surface area contributed by atoms with Crippen LogP contribution in [0.5, 0.6) is 11.5 Å². The Morgan fingerprint density at radius 2 is 1.89 bits per heavy atom. The Morgan fingerprint density at radius 1 is 1.17 bits per heavy atom. The highest BCUT2D eigenvalue weighted by Crippen LogP contribution is 2.43. The van der Waals surface area contributed by atoms with E-state index in [2.05, 4.69) is 4.90 Å². The summed E-state index contributed by atoms with van der Waals surface area (Å²) in [5.41, 5.74) is 0.457. The van der Waals surface area contributed by atoms with Gasteiger partial charge in [-0.2, -0.15) is 0 Å². The van der Waals surface area contributed by atoms with Gasteiger partial charge in [0.05, 0.1) is 10.9 Å². The standard InChI is InChI=1S/C27H30ClNO6/c1-14(2)15(3)27(33)35-23-13-29(4)10-9-17(23)24-19(30)11-20(31)25-21(32)12-22(34-26(24)25)16-7-5-6-8-18(16)28/h5-8,11-12,14-15,17,23,30-31H,9-10,13H2,1-4H3/t15-,17-,23+/m0/s1. The number of hydrogen-bond donors (Lipinski definition) is 2. The Hall–Kier alpha value is -3.03. The predicted molar refractivity (Wildman–Crippen MR) is 135 cm³/mol. The minimum atomic E-state index is -0.574. The molecule has 0 aliphatic carbocycles. The molecule has 1 aromatic heterocycles. The molecule has 8 heteroatoms. The Kier molecular flexibility index (Phi) is 7.10. The molecule has 1 aliphatic rings. The van der Waals surface area contributed by atoms with Crippen LogP contribution < -0.4 is 5.43 Å². The quantitative estimate of drug-likeness (QED) is 0.468. The zero-order valence-corrected chi connectivity index (χ0v) is 21.0. The van der Waals surface area contributed by atoms with Gasteiger partial charge in [-0.1, -0.05) is 44.5 Å². The van der Waals surface area contributed by atoms with Gasteiger partial charge in [0.25, 0.3) is 0 Å². The summed E-state index contributed by atoms with van der Waals surface area (Å²) >= 11 is 6.34. The summed E-state index contributed by atoms with van der Waals surface area (Å²) in [7, 11) is 1.94. The van der Waals surface area contributed by atoms with Crippen LogP contribution in [0.25, 0.3) is 22.3 Å². The van der Waals surface area contributed by atoms with Gasteiger partial charge in [-0.25, -0.2) is 0 Å². The first kappa shape index (κ1) is 25.1. The number of likely N-dealkylation sites (N-methyl/N-ethyl adjacent to an activating group) is 1. The number of likely N-dealkylation sites (tertiary alicyclic amines) is 1. The van der Waals surface area contributed by atoms with Gasteiger partial charge in [0, 0.05) is 35.7 Å². The molecule has 4 rings (SSSR count). The first-order chi connectivity index (χ1) is 16.6. The summed E-state index contributed by atoms with van der Waals surface area (Å²) < 4.78 is 12.1. The third-order valence-corrected chi connectivity index (χ3v) is 7.24. The fourth-order valence-corrected chi connectivity index (χ4v) is 4.75. The third-order valence-electron chi connectivity index (χ3n) is 6.91. The van der Waals surface area contributed by atoms with Crippen LogP contribution >= 0.6 is 11.6 Å². The summed E-state index contributed by atoms with van der Waals surface area (Å²) in [5, 5.41) is 21.8. The number of piperidine rings is 1. The zero-order chi connectivity index (χ0) is 25.4. The molecule has 0 amide bonds. The number of phenolic OH excluding ortho intramolecular Hbond substituents is 2. The molecule has 2 heterocycles. The fraction of sp³-hybridized carbons (Fsp3) is 0.407. The van der Waals surface area contributed by atoms with Crippen molar-refractivity contribution in [1.82, 2.24) is 4.90 Å². The van der Waals surface area contributed by atoms with E-state index < -0.39 is 17.5 Å². The average Bonchev–Trinajstić information content (AvgIpc) is 2.79. The van der Waals surface area contributed by atoms with Crippen molar-refractivity contribution in [3.63, 3.8) is 0 Å². The van der Waals surface area contributed by atoms with E-state index in [0.717, 1.165) is 6.07 Å². The first-order valence-corrected chi connectivity index (χ1v) is 12.1. The van der Waals surface area contributed by atoms with Crippen molar-refractivity contribution in [2.45, 2.75) is 39.2 Å². The van der Waals surface area contributed by atoms with Crippen molar-refractivity contribution in [1.29, 1.82) is 0 Å². The van der Waals surface area contributed by atoms with Gasteiger partial charge < -0.3 is 24.3 Å². The lowest BCUT2D eigenvalue weighted by Gasteiger charge is -2.37. The summed E-state index contributed by atoms with van der Waals surface area (Å²) in [6.07, 6.45) is -0.0202. The van der Waals surface area contributed by atoms with Crippen LogP contribution in [-0.2, 0) is 9.53 Å². The van der Waals surface area contributed by atoms with Crippen LogP contribution in [0.1, 0.15) is 38.7 Å². The Labute approximate surface area is 208 Å². The maximum atomic E-state index is 13.1. The second-order valence-corrected chi connectivity index (χ2v) is 10.1. The second kappa shape index (κ2) is 9.91. The van der Waals surface area contributed by atoms with E-state index in [1.807, 2.05) is 27.8 Å². The van der Waals surface area contributed by atoms with Gasteiger partial charge in [0.1, 0.15) is 34.3 Å². The maximum Gasteiger partial charge on any atom is 0.309 e. The zero-order valence-electron chi connectivity index (χ0n) is 20.2. The predicted octanol–water partition coefficient (Wildman–Crippen LogP) is 5.15. The molecule has 1 saturated heterocycles. The minimum absolute atomic E-state index is 0.0341. The molecule has 3 atom stereocenters. The molecule has 35 heavy (non-hydrogen) atoms. The molecular formula is C27H30ClNO6. The number of esters is 1. The van der Waals surface area contributed by atoms with Crippen molar-refractivity contribution in [3.8, 4) is 22.8 Å². The number of rotatable bonds is 5. The molecular weight excluding hydrogens is 470 g/mol. The van der Waals surface area contributed by atoms with Crippen LogP contribution in [0, 0.1) is 11.8 Å². The van der Waals surface area contributed by atoms with E-state index in [4.69, 9.17) is 20.8 Å². The molecule has 0 saturated carbocycles. The molecule has 1 aliphatic heterocycles. The summed E-state index contributed by atoms with van der Waals surface area (Å²) in [6.45, 7) is 6.89. The number of benzene rings is 2. The lowest BCUT2D eigenvalue weighted by atomic mass is 9.85. The smallest absolute Gasteiger partial charge is 0.309 e. The fourth-order valence-electron chi connectivity index (χ4n) is 4.52. The topological polar surface area (TPSA) is 100 Å². The number of halogens is 1. The lowest BCUT2D eigenvalue weighted by Crippen LogP contribution is -2.44. The number of aromatic hydroxyl groups is 2. The van der Waals surface area contributed by atoms with Crippen molar-refractivity contribution in [3.05, 3.63) is 57.2 Å². The van der Waals surface area contributed by atoms with Crippen LogP contribution in [-0.4, -0.2) is 47.3 Å². The highest BCUT2D eigenvalue weighted by atomic mass is 35.5. The first-order valence-electron chi connectivity index (χ1n) is 11.7. The summed E-state index contributed by atoms with van der Waals surface area (Å²) in [4.78, 5) is 28.0. The summed E-state index contributed by atoms with van der Waals surface area (Å²) in [5.74, 6) is -1.32. The van der Waals surface area contributed by atoms with Gasteiger partial charge in [-0.15, -0.1) is 0 Å². The molecule has 3 aromatic rings. The molecule has 0 radical (unpaired) electrons.